The van der Waals surface area contributed by atoms with Gasteiger partial charge in [0.25, 0.3) is 5.91 Å². The zero-order chi connectivity index (χ0) is 21.1. The van der Waals surface area contributed by atoms with E-state index in [0.717, 1.165) is 51.8 Å². The number of carbonyl (C=O) groups excluding carboxylic acids is 1. The summed E-state index contributed by atoms with van der Waals surface area (Å²) in [5.41, 5.74) is 6.30. The minimum absolute atomic E-state index is 0.0592. The van der Waals surface area contributed by atoms with Crippen molar-refractivity contribution in [2.45, 2.75) is 19.8 Å². The Morgan fingerprint density at radius 1 is 1.20 bits per heavy atom. The number of nitrogens with one attached hydrogen (secondary N) is 3. The van der Waals surface area contributed by atoms with Gasteiger partial charge in [0.05, 0.1) is 5.69 Å². The van der Waals surface area contributed by atoms with Crippen LogP contribution in [-0.2, 0) is 0 Å². The van der Waals surface area contributed by atoms with Gasteiger partial charge in [-0.2, -0.15) is 0 Å². The monoisotopic (exact) mass is 417 g/mol. The van der Waals surface area contributed by atoms with E-state index in [2.05, 4.69) is 29.1 Å². The summed E-state index contributed by atoms with van der Waals surface area (Å²) in [4.78, 5) is 16.2. The number of carbonyl (C=O) groups is 1. The number of fused-ring (bicyclic) bond motifs is 1. The molecule has 1 aromatic heterocycles. The first-order valence-electron chi connectivity index (χ1n) is 10.1. The quantitative estimate of drug-likeness (QED) is 0.429. The maximum Gasteiger partial charge on any atom is 0.251 e. The first-order valence-corrected chi connectivity index (χ1v) is 10.5. The standard InChI is InChI=1S/C25H24ClN3O/c1-3-4-12-28-25(30)18-10-11-22-21(15-18)23(17-7-5-8-19(26)14-17)24(29-22)20-9-6-13-27-16(20)2/h5-11,13-15,27,29H,2-4,12H2,1H3,(H,28,30). The molecule has 2 aromatic carbocycles. The zero-order valence-electron chi connectivity index (χ0n) is 16.9. The largest absolute Gasteiger partial charge is 0.362 e. The Balaban J connectivity index is 1.88. The molecule has 0 spiro atoms. The van der Waals surface area contributed by atoms with Gasteiger partial charge in [-0.1, -0.05) is 43.7 Å². The van der Waals surface area contributed by atoms with E-state index in [0.29, 0.717) is 17.1 Å². The van der Waals surface area contributed by atoms with Crippen LogP contribution in [0.25, 0.3) is 27.6 Å². The summed E-state index contributed by atoms with van der Waals surface area (Å²) in [5.74, 6) is -0.0592. The van der Waals surface area contributed by atoms with Crippen molar-refractivity contribution in [1.82, 2.24) is 15.6 Å². The second-order valence-electron chi connectivity index (χ2n) is 7.32. The van der Waals surface area contributed by atoms with Crippen molar-refractivity contribution >= 4 is 34.0 Å². The van der Waals surface area contributed by atoms with Gasteiger partial charge in [0.2, 0.25) is 0 Å². The van der Waals surface area contributed by atoms with Gasteiger partial charge in [-0.3, -0.25) is 4.79 Å². The van der Waals surface area contributed by atoms with E-state index in [9.17, 15) is 4.79 Å². The van der Waals surface area contributed by atoms with Crippen molar-refractivity contribution in [2.24, 2.45) is 0 Å². The average Bonchev–Trinajstić information content (AvgIpc) is 3.12. The lowest BCUT2D eigenvalue weighted by Gasteiger charge is -2.15. The molecule has 0 radical (unpaired) electrons. The lowest BCUT2D eigenvalue weighted by Crippen LogP contribution is -2.24. The third-order valence-electron chi connectivity index (χ3n) is 5.20. The highest BCUT2D eigenvalue weighted by Gasteiger charge is 2.20. The second-order valence-corrected chi connectivity index (χ2v) is 7.75. The average molecular weight is 418 g/mol. The normalized spacial score (nSPS) is 13.3. The Kier molecular flexibility index (Phi) is 5.77. The summed E-state index contributed by atoms with van der Waals surface area (Å²) in [7, 11) is 0. The highest BCUT2D eigenvalue weighted by molar-refractivity contribution is 6.31. The molecule has 1 aliphatic rings. The van der Waals surface area contributed by atoms with E-state index in [1.54, 1.807) is 0 Å². The first-order chi connectivity index (χ1) is 14.6. The second kappa shape index (κ2) is 8.64. The lowest BCUT2D eigenvalue weighted by molar-refractivity contribution is 0.0953. The van der Waals surface area contributed by atoms with Crippen LogP contribution in [0.1, 0.15) is 35.8 Å². The number of H-pyrrole nitrogens is 1. The van der Waals surface area contributed by atoms with Crippen LogP contribution in [0, 0.1) is 0 Å². The molecule has 4 nitrogen and oxygen atoms in total. The number of aromatic nitrogens is 1. The molecular weight excluding hydrogens is 394 g/mol. The summed E-state index contributed by atoms with van der Waals surface area (Å²) in [5, 5.41) is 7.80. The third kappa shape index (κ3) is 3.91. The molecule has 4 rings (SSSR count). The third-order valence-corrected chi connectivity index (χ3v) is 5.44. The molecule has 0 aliphatic carbocycles. The number of benzene rings is 2. The van der Waals surface area contributed by atoms with Crippen LogP contribution in [0.4, 0.5) is 0 Å². The highest BCUT2D eigenvalue weighted by Crippen LogP contribution is 2.39. The Labute approximate surface area is 181 Å². The Morgan fingerprint density at radius 3 is 2.83 bits per heavy atom. The fourth-order valence-electron chi connectivity index (χ4n) is 3.67. The topological polar surface area (TPSA) is 56.9 Å². The Bertz CT molecular complexity index is 1190. The van der Waals surface area contributed by atoms with Crippen LogP contribution in [0.5, 0.6) is 0 Å². The Hall–Kier alpha value is -3.24. The fraction of sp³-hybridized carbons (Fsp3) is 0.160. The van der Waals surface area contributed by atoms with Crippen molar-refractivity contribution in [1.29, 1.82) is 0 Å². The molecule has 0 saturated carbocycles. The molecular formula is C25H24ClN3O. The smallest absolute Gasteiger partial charge is 0.251 e. The number of aromatic amines is 1. The first kappa shape index (κ1) is 20.0. The SMILES string of the molecule is C=C1NC=CC=C1c1[nH]c2ccc(C(=O)NCCCC)cc2c1-c1cccc(Cl)c1. The van der Waals surface area contributed by atoms with E-state index in [-0.39, 0.29) is 5.91 Å². The van der Waals surface area contributed by atoms with Gasteiger partial charge in [0.1, 0.15) is 0 Å². The minimum Gasteiger partial charge on any atom is -0.362 e. The molecule has 30 heavy (non-hydrogen) atoms. The molecule has 3 N–H and O–H groups in total. The number of halogens is 1. The highest BCUT2D eigenvalue weighted by atomic mass is 35.5. The van der Waals surface area contributed by atoms with Gasteiger partial charge in [-0.05, 0) is 54.5 Å². The number of hydrogen-bond donors (Lipinski definition) is 3. The molecule has 0 atom stereocenters. The number of dihydropyridines is 1. The van der Waals surface area contributed by atoms with Crippen molar-refractivity contribution in [2.75, 3.05) is 6.54 Å². The van der Waals surface area contributed by atoms with Crippen LogP contribution in [0.2, 0.25) is 5.02 Å². The van der Waals surface area contributed by atoms with Crippen molar-refractivity contribution in [3.63, 3.8) is 0 Å². The van der Waals surface area contributed by atoms with Crippen molar-refractivity contribution < 1.29 is 4.79 Å². The zero-order valence-corrected chi connectivity index (χ0v) is 17.6. The van der Waals surface area contributed by atoms with E-state index in [4.69, 9.17) is 11.6 Å². The van der Waals surface area contributed by atoms with Gasteiger partial charge < -0.3 is 15.6 Å². The maximum atomic E-state index is 12.6. The van der Waals surface area contributed by atoms with Crippen molar-refractivity contribution in [3.05, 3.63) is 89.4 Å². The van der Waals surface area contributed by atoms with Crippen LogP contribution < -0.4 is 10.6 Å². The fourth-order valence-corrected chi connectivity index (χ4v) is 3.86. The Morgan fingerprint density at radius 2 is 2.07 bits per heavy atom. The number of amides is 1. The lowest BCUT2D eigenvalue weighted by atomic mass is 9.95. The summed E-state index contributed by atoms with van der Waals surface area (Å²) < 4.78 is 0. The molecule has 3 aromatic rings. The van der Waals surface area contributed by atoms with Crippen LogP contribution >= 0.6 is 11.6 Å². The van der Waals surface area contributed by atoms with Crippen molar-refractivity contribution in [3.8, 4) is 11.1 Å². The van der Waals surface area contributed by atoms with E-state index >= 15 is 0 Å². The summed E-state index contributed by atoms with van der Waals surface area (Å²) in [6.07, 6.45) is 7.83. The predicted octanol–water partition coefficient (Wildman–Crippen LogP) is 6.03. The number of unbranched alkanes of at least 4 members (excludes halogenated alkanes) is 1. The molecule has 1 amide bonds. The number of hydrogen-bond acceptors (Lipinski definition) is 2. The molecule has 1 aliphatic heterocycles. The van der Waals surface area contributed by atoms with E-state index in [1.807, 2.05) is 60.8 Å². The van der Waals surface area contributed by atoms with Crippen LogP contribution in [-0.4, -0.2) is 17.4 Å². The van der Waals surface area contributed by atoms with Gasteiger partial charge in [-0.25, -0.2) is 0 Å². The summed E-state index contributed by atoms with van der Waals surface area (Å²) in [6.45, 7) is 6.93. The van der Waals surface area contributed by atoms with E-state index in [1.165, 1.54) is 0 Å². The predicted molar refractivity (Wildman–Crippen MR) is 125 cm³/mol. The van der Waals surface area contributed by atoms with Crippen LogP contribution in [0.15, 0.2) is 73.1 Å². The molecule has 0 saturated heterocycles. The summed E-state index contributed by atoms with van der Waals surface area (Å²) in [6, 6.07) is 13.5. The maximum absolute atomic E-state index is 12.6. The van der Waals surface area contributed by atoms with Gasteiger partial charge in [0.15, 0.2) is 0 Å². The molecule has 0 unspecified atom stereocenters. The molecule has 0 bridgehead atoms. The van der Waals surface area contributed by atoms with Gasteiger partial charge in [0, 0.05) is 51.1 Å². The van der Waals surface area contributed by atoms with E-state index < -0.39 is 0 Å². The summed E-state index contributed by atoms with van der Waals surface area (Å²) >= 11 is 6.30. The molecule has 0 fully saturated rings. The van der Waals surface area contributed by atoms with Gasteiger partial charge in [-0.15, -0.1) is 0 Å². The number of allylic oxidation sites excluding steroid dienone is 3. The minimum atomic E-state index is -0.0592. The molecule has 2 heterocycles. The van der Waals surface area contributed by atoms with Gasteiger partial charge >= 0.3 is 0 Å². The number of rotatable bonds is 6. The molecule has 152 valence electrons. The van der Waals surface area contributed by atoms with Crippen LogP contribution in [0.3, 0.4) is 0 Å². The molecule has 5 heteroatoms.